The quantitative estimate of drug-likeness (QED) is 0.621. The molecule has 9 heteroatoms. The summed E-state index contributed by atoms with van der Waals surface area (Å²) in [5, 5.41) is 7.77. The van der Waals surface area contributed by atoms with Crippen LogP contribution < -0.4 is 4.90 Å². The number of benzene rings is 2. The van der Waals surface area contributed by atoms with Gasteiger partial charge in [0.05, 0.1) is 18.7 Å². The van der Waals surface area contributed by atoms with Gasteiger partial charge in [0.25, 0.3) is 11.1 Å². The van der Waals surface area contributed by atoms with Crippen LogP contribution in [-0.2, 0) is 20.9 Å². The zero-order valence-corrected chi connectivity index (χ0v) is 17.9. The molecule has 3 rings (SSSR count). The number of ether oxygens (including phenoxy) is 1. The Morgan fingerprint density at radius 3 is 2.52 bits per heavy atom. The van der Waals surface area contributed by atoms with Gasteiger partial charge in [-0.25, -0.2) is 4.79 Å². The Morgan fingerprint density at radius 2 is 1.87 bits per heavy atom. The van der Waals surface area contributed by atoms with Crippen molar-refractivity contribution in [2.45, 2.75) is 25.8 Å². The van der Waals surface area contributed by atoms with Crippen molar-refractivity contribution in [2.24, 2.45) is 0 Å². The largest absolute Gasteiger partial charge is 0.478 e. The summed E-state index contributed by atoms with van der Waals surface area (Å²) in [6, 6.07) is 13.4. The van der Waals surface area contributed by atoms with Gasteiger partial charge >= 0.3 is 11.9 Å². The fraction of sp³-hybridized carbons (Fsp3) is 0.273. The topological polar surface area (TPSA) is 104 Å². The molecule has 1 unspecified atom stereocenters. The number of rotatable bonds is 8. The van der Waals surface area contributed by atoms with E-state index >= 15 is 0 Å². The molecule has 1 heterocycles. The van der Waals surface area contributed by atoms with Crippen molar-refractivity contribution in [2.75, 3.05) is 18.1 Å². The lowest BCUT2D eigenvalue weighted by atomic mass is 10.1. The number of carbonyl (C=O) groups is 4. The van der Waals surface area contributed by atoms with Crippen LogP contribution in [0.1, 0.15) is 28.4 Å². The molecule has 31 heavy (non-hydrogen) atoms. The molecule has 1 aliphatic rings. The second-order valence-corrected chi connectivity index (χ2v) is 7.97. The Hall–Kier alpha value is -3.33. The summed E-state index contributed by atoms with van der Waals surface area (Å²) < 4.78 is 5.04. The number of esters is 1. The van der Waals surface area contributed by atoms with Gasteiger partial charge in [-0.15, -0.1) is 0 Å². The number of nitrogens with zero attached hydrogens (tertiary/aromatic N) is 2. The van der Waals surface area contributed by atoms with Crippen LogP contribution in [0.25, 0.3) is 0 Å². The molecule has 8 nitrogen and oxygen atoms in total. The maximum absolute atomic E-state index is 13.1. The van der Waals surface area contributed by atoms with Gasteiger partial charge in [0.15, 0.2) is 5.37 Å². The van der Waals surface area contributed by atoms with Crippen molar-refractivity contribution in [1.82, 2.24) is 4.90 Å². The maximum atomic E-state index is 13.1. The van der Waals surface area contributed by atoms with Gasteiger partial charge in [0.2, 0.25) is 0 Å². The van der Waals surface area contributed by atoms with E-state index in [0.717, 1.165) is 22.2 Å². The van der Waals surface area contributed by atoms with Crippen LogP contribution in [0.2, 0.25) is 0 Å². The molecule has 0 aliphatic carbocycles. The number of imide groups is 1. The first kappa shape index (κ1) is 22.4. The number of aryl methyl sites for hydroxylation is 1. The lowest BCUT2D eigenvalue weighted by molar-refractivity contribution is -0.141. The highest BCUT2D eigenvalue weighted by Crippen LogP contribution is 2.34. The van der Waals surface area contributed by atoms with Gasteiger partial charge in [-0.2, -0.15) is 0 Å². The van der Waals surface area contributed by atoms with Crippen LogP contribution >= 0.6 is 11.8 Å². The van der Waals surface area contributed by atoms with Crippen molar-refractivity contribution in [3.8, 4) is 0 Å². The van der Waals surface area contributed by atoms with Crippen LogP contribution in [0, 0.1) is 6.92 Å². The summed E-state index contributed by atoms with van der Waals surface area (Å²) >= 11 is 0.818. The predicted octanol–water partition coefficient (Wildman–Crippen LogP) is 3.28. The molecule has 2 amide bonds. The van der Waals surface area contributed by atoms with Crippen molar-refractivity contribution in [3.05, 3.63) is 65.2 Å². The van der Waals surface area contributed by atoms with Crippen molar-refractivity contribution in [1.29, 1.82) is 0 Å². The molecule has 1 fully saturated rings. The van der Waals surface area contributed by atoms with Gasteiger partial charge in [-0.1, -0.05) is 29.8 Å². The highest BCUT2D eigenvalue weighted by Gasteiger charge is 2.43. The number of hydrogen-bond acceptors (Lipinski definition) is 7. The number of carbonyl (C=O) groups excluding carboxylic acids is 3. The molecule has 1 aliphatic heterocycles. The Bertz CT molecular complexity index is 1010. The molecule has 0 saturated carbocycles. The fourth-order valence-corrected chi connectivity index (χ4v) is 4.17. The zero-order chi connectivity index (χ0) is 22.5. The third-order valence-electron chi connectivity index (χ3n) is 4.68. The summed E-state index contributed by atoms with van der Waals surface area (Å²) in [6.07, 6.45) is 0. The smallest absolute Gasteiger partial charge is 0.335 e. The number of thioether (sulfide) groups is 1. The number of carboxylic acid groups (broad SMARTS) is 1. The van der Waals surface area contributed by atoms with Crippen LogP contribution in [-0.4, -0.2) is 51.6 Å². The molecule has 1 N–H and O–H groups in total. The van der Waals surface area contributed by atoms with E-state index in [0.29, 0.717) is 11.3 Å². The van der Waals surface area contributed by atoms with E-state index < -0.39 is 28.5 Å². The second kappa shape index (κ2) is 9.65. The lowest BCUT2D eigenvalue weighted by Gasteiger charge is -2.28. The Balaban J connectivity index is 1.85. The number of aromatic carboxylic acids is 1. The van der Waals surface area contributed by atoms with E-state index in [1.807, 2.05) is 19.1 Å². The van der Waals surface area contributed by atoms with E-state index in [1.165, 1.54) is 12.1 Å². The number of hydrogen-bond donors (Lipinski definition) is 1. The Kier molecular flexibility index (Phi) is 6.96. The van der Waals surface area contributed by atoms with Gasteiger partial charge in [0, 0.05) is 5.69 Å². The molecular weight excluding hydrogens is 420 g/mol. The Labute approximate surface area is 183 Å². The van der Waals surface area contributed by atoms with Gasteiger partial charge in [-0.05, 0) is 55.4 Å². The fourth-order valence-electron chi connectivity index (χ4n) is 3.15. The predicted molar refractivity (Wildman–Crippen MR) is 116 cm³/mol. The Morgan fingerprint density at radius 1 is 1.16 bits per heavy atom. The van der Waals surface area contributed by atoms with E-state index in [9.17, 15) is 19.2 Å². The van der Waals surface area contributed by atoms with Crippen LogP contribution in [0.15, 0.2) is 48.5 Å². The van der Waals surface area contributed by atoms with Crippen molar-refractivity contribution >= 4 is 40.5 Å². The highest BCUT2D eigenvalue weighted by atomic mass is 32.2. The third-order valence-corrected chi connectivity index (χ3v) is 5.78. The van der Waals surface area contributed by atoms with Crippen LogP contribution in [0.4, 0.5) is 10.5 Å². The van der Waals surface area contributed by atoms with E-state index in [-0.39, 0.29) is 25.3 Å². The van der Waals surface area contributed by atoms with E-state index in [2.05, 4.69) is 0 Å². The van der Waals surface area contributed by atoms with Gasteiger partial charge in [0.1, 0.15) is 6.54 Å². The molecule has 1 saturated heterocycles. The number of amides is 2. The molecule has 2 aromatic carbocycles. The average molecular weight is 442 g/mol. The molecule has 2 aromatic rings. The molecule has 1 atom stereocenters. The minimum atomic E-state index is -1.09. The van der Waals surface area contributed by atoms with Crippen LogP contribution in [0.5, 0.6) is 0 Å². The summed E-state index contributed by atoms with van der Waals surface area (Å²) in [5.41, 5.74) is 2.23. The average Bonchev–Trinajstić information content (AvgIpc) is 3.01. The van der Waals surface area contributed by atoms with Gasteiger partial charge < -0.3 is 14.7 Å². The monoisotopic (exact) mass is 442 g/mol. The summed E-state index contributed by atoms with van der Waals surface area (Å²) in [7, 11) is 0. The van der Waals surface area contributed by atoms with E-state index in [1.54, 1.807) is 36.1 Å². The summed E-state index contributed by atoms with van der Waals surface area (Å²) in [5.74, 6) is -2.06. The molecule has 162 valence electrons. The normalized spacial score (nSPS) is 15.8. The zero-order valence-electron chi connectivity index (χ0n) is 17.1. The molecule has 0 bridgehead atoms. The molecule has 0 spiro atoms. The lowest BCUT2D eigenvalue weighted by Crippen LogP contribution is -2.44. The SMILES string of the molecule is CCOC(=O)CN(c1ccc(C)cc1)C1SC(=O)N(Cc2cccc(C(=O)O)c2)C1=O. The van der Waals surface area contributed by atoms with Crippen molar-refractivity contribution in [3.63, 3.8) is 0 Å². The standard InChI is InChI=1S/C22H22N2O6S/c1-3-30-18(25)13-23(17-9-7-14(2)8-10-17)20-19(26)24(22(29)31-20)12-15-5-4-6-16(11-15)21(27)28/h4-11,20H,3,12-13H2,1-2H3,(H,27,28). The summed E-state index contributed by atoms with van der Waals surface area (Å²) in [6.45, 7) is 3.59. The first-order valence-corrected chi connectivity index (χ1v) is 10.5. The third kappa shape index (κ3) is 5.24. The minimum absolute atomic E-state index is 0.0522. The van der Waals surface area contributed by atoms with Gasteiger partial charge in [-0.3, -0.25) is 19.3 Å². The number of anilines is 1. The van der Waals surface area contributed by atoms with Crippen molar-refractivity contribution < 1.29 is 29.0 Å². The van der Waals surface area contributed by atoms with E-state index in [4.69, 9.17) is 9.84 Å². The first-order valence-electron chi connectivity index (χ1n) is 9.63. The second-order valence-electron chi connectivity index (χ2n) is 6.93. The molecular formula is C22H22N2O6S. The number of carboxylic acids is 1. The molecule has 0 aromatic heterocycles. The first-order chi connectivity index (χ1) is 14.8. The molecule has 0 radical (unpaired) electrons. The summed E-state index contributed by atoms with van der Waals surface area (Å²) in [4.78, 5) is 51.8. The highest BCUT2D eigenvalue weighted by molar-refractivity contribution is 8.15. The minimum Gasteiger partial charge on any atom is -0.478 e. The maximum Gasteiger partial charge on any atom is 0.335 e. The van der Waals surface area contributed by atoms with Crippen LogP contribution in [0.3, 0.4) is 0 Å².